The van der Waals surface area contributed by atoms with Crippen molar-refractivity contribution in [3.05, 3.63) is 35.4 Å². The Morgan fingerprint density at radius 2 is 1.82 bits per heavy atom. The van der Waals surface area contributed by atoms with Crippen LogP contribution >= 0.6 is 0 Å². The van der Waals surface area contributed by atoms with Crippen LogP contribution in [-0.2, 0) is 0 Å². The summed E-state index contributed by atoms with van der Waals surface area (Å²) < 4.78 is 0. The molecule has 2 heteroatoms. The van der Waals surface area contributed by atoms with Gasteiger partial charge in [0.1, 0.15) is 0 Å². The fourth-order valence-corrected chi connectivity index (χ4v) is 2.08. The van der Waals surface area contributed by atoms with Crippen molar-refractivity contribution in [1.82, 2.24) is 5.32 Å². The second kappa shape index (κ2) is 5.65. The Labute approximate surface area is 104 Å². The molecule has 2 unspecified atom stereocenters. The van der Waals surface area contributed by atoms with Crippen LogP contribution in [0.5, 0.6) is 0 Å². The van der Waals surface area contributed by atoms with E-state index in [1.54, 1.807) is 0 Å². The van der Waals surface area contributed by atoms with Gasteiger partial charge in [0.25, 0.3) is 0 Å². The van der Waals surface area contributed by atoms with Gasteiger partial charge in [-0.2, -0.15) is 0 Å². The molecule has 1 aromatic carbocycles. The predicted octanol–water partition coefficient (Wildman–Crippen LogP) is 2.99. The molecule has 0 heterocycles. The molecule has 0 aliphatic heterocycles. The fraction of sp³-hybridized carbons (Fsp3) is 0.600. The standard InChI is InChI=1S/C15H23NO/c1-3-11(2)12-4-6-13(7-5-12)15(10-17)16-14-8-9-14/h4-7,11,14-17H,3,8-10H2,1-2H3. The van der Waals surface area contributed by atoms with Crippen LogP contribution in [0.1, 0.15) is 56.2 Å². The molecule has 0 aromatic heterocycles. The molecule has 1 aliphatic carbocycles. The lowest BCUT2D eigenvalue weighted by molar-refractivity contribution is 0.243. The zero-order valence-corrected chi connectivity index (χ0v) is 10.8. The number of benzene rings is 1. The molecule has 1 saturated carbocycles. The molecule has 0 bridgehead atoms. The van der Waals surface area contributed by atoms with Gasteiger partial charge in [-0.05, 0) is 36.3 Å². The first-order valence-electron chi connectivity index (χ1n) is 6.71. The van der Waals surface area contributed by atoms with Gasteiger partial charge in [-0.25, -0.2) is 0 Å². The van der Waals surface area contributed by atoms with Crippen LogP contribution < -0.4 is 5.32 Å². The summed E-state index contributed by atoms with van der Waals surface area (Å²) in [5, 5.41) is 12.9. The molecule has 2 rings (SSSR count). The Kier molecular flexibility index (Phi) is 4.19. The summed E-state index contributed by atoms with van der Waals surface area (Å²) >= 11 is 0. The lowest BCUT2D eigenvalue weighted by atomic mass is 9.96. The summed E-state index contributed by atoms with van der Waals surface area (Å²) in [4.78, 5) is 0. The minimum atomic E-state index is 0.105. The van der Waals surface area contributed by atoms with Crippen molar-refractivity contribution in [2.24, 2.45) is 0 Å². The summed E-state index contributed by atoms with van der Waals surface area (Å²) in [6.45, 7) is 4.64. The smallest absolute Gasteiger partial charge is 0.0626 e. The van der Waals surface area contributed by atoms with Crippen LogP contribution in [-0.4, -0.2) is 17.8 Å². The fourth-order valence-electron chi connectivity index (χ4n) is 2.08. The van der Waals surface area contributed by atoms with Gasteiger partial charge in [0.05, 0.1) is 12.6 Å². The second-order valence-corrected chi connectivity index (χ2v) is 5.15. The summed E-state index contributed by atoms with van der Waals surface area (Å²) in [5.74, 6) is 0.619. The number of hydrogen-bond donors (Lipinski definition) is 2. The van der Waals surface area contributed by atoms with Crippen molar-refractivity contribution >= 4 is 0 Å². The quantitative estimate of drug-likeness (QED) is 0.791. The molecule has 0 amide bonds. The van der Waals surface area contributed by atoms with Gasteiger partial charge in [-0.1, -0.05) is 38.1 Å². The van der Waals surface area contributed by atoms with Crippen LogP contribution in [0.2, 0.25) is 0 Å². The van der Waals surface area contributed by atoms with Gasteiger partial charge in [0.15, 0.2) is 0 Å². The molecule has 1 aromatic rings. The van der Waals surface area contributed by atoms with Gasteiger partial charge in [0.2, 0.25) is 0 Å². The van der Waals surface area contributed by atoms with Crippen LogP contribution in [0.3, 0.4) is 0 Å². The van der Waals surface area contributed by atoms with E-state index < -0.39 is 0 Å². The van der Waals surface area contributed by atoms with E-state index in [-0.39, 0.29) is 12.6 Å². The van der Waals surface area contributed by atoms with Crippen molar-refractivity contribution in [2.45, 2.75) is 51.1 Å². The van der Waals surface area contributed by atoms with Gasteiger partial charge in [-0.3, -0.25) is 0 Å². The molecular formula is C15H23NO. The third-order valence-electron chi connectivity index (χ3n) is 3.72. The van der Waals surface area contributed by atoms with Crippen LogP contribution in [0.25, 0.3) is 0 Å². The Morgan fingerprint density at radius 3 is 2.29 bits per heavy atom. The van der Waals surface area contributed by atoms with E-state index in [9.17, 15) is 5.11 Å². The van der Waals surface area contributed by atoms with E-state index in [1.807, 2.05) is 0 Å². The zero-order valence-electron chi connectivity index (χ0n) is 10.8. The van der Waals surface area contributed by atoms with Crippen molar-refractivity contribution in [1.29, 1.82) is 0 Å². The third kappa shape index (κ3) is 3.30. The molecule has 0 spiro atoms. The number of aliphatic hydroxyl groups excluding tert-OH is 1. The van der Waals surface area contributed by atoms with Gasteiger partial charge in [-0.15, -0.1) is 0 Å². The highest BCUT2D eigenvalue weighted by Crippen LogP contribution is 2.25. The maximum atomic E-state index is 9.42. The SMILES string of the molecule is CCC(C)c1ccc(C(CO)NC2CC2)cc1. The van der Waals surface area contributed by atoms with E-state index in [4.69, 9.17) is 0 Å². The minimum absolute atomic E-state index is 0.105. The Balaban J connectivity index is 2.04. The molecule has 2 nitrogen and oxygen atoms in total. The normalized spacial score (nSPS) is 19.0. The van der Waals surface area contributed by atoms with Gasteiger partial charge < -0.3 is 10.4 Å². The lowest BCUT2D eigenvalue weighted by Crippen LogP contribution is -2.26. The Bertz CT molecular complexity index is 342. The van der Waals surface area contributed by atoms with E-state index in [0.29, 0.717) is 12.0 Å². The zero-order chi connectivity index (χ0) is 12.3. The summed E-state index contributed by atoms with van der Waals surface area (Å²) in [7, 11) is 0. The van der Waals surface area contributed by atoms with Crippen molar-refractivity contribution in [2.75, 3.05) is 6.61 Å². The number of nitrogens with one attached hydrogen (secondary N) is 1. The van der Waals surface area contributed by atoms with Gasteiger partial charge >= 0.3 is 0 Å². The molecular weight excluding hydrogens is 210 g/mol. The van der Waals surface area contributed by atoms with E-state index in [1.165, 1.54) is 30.4 Å². The highest BCUT2D eigenvalue weighted by atomic mass is 16.3. The highest BCUT2D eigenvalue weighted by Gasteiger charge is 2.24. The van der Waals surface area contributed by atoms with Crippen LogP contribution in [0, 0.1) is 0 Å². The van der Waals surface area contributed by atoms with Gasteiger partial charge in [0, 0.05) is 6.04 Å². The monoisotopic (exact) mass is 233 g/mol. The summed E-state index contributed by atoms with van der Waals surface area (Å²) in [5.41, 5.74) is 2.59. The molecule has 1 aliphatic rings. The Morgan fingerprint density at radius 1 is 1.24 bits per heavy atom. The largest absolute Gasteiger partial charge is 0.394 e. The molecule has 1 fully saturated rings. The highest BCUT2D eigenvalue weighted by molar-refractivity contribution is 5.27. The number of rotatable bonds is 6. The first kappa shape index (κ1) is 12.6. The maximum Gasteiger partial charge on any atom is 0.0626 e. The Hall–Kier alpha value is -0.860. The van der Waals surface area contributed by atoms with Crippen molar-refractivity contribution in [3.63, 3.8) is 0 Å². The molecule has 94 valence electrons. The molecule has 17 heavy (non-hydrogen) atoms. The lowest BCUT2D eigenvalue weighted by Gasteiger charge is -2.17. The minimum Gasteiger partial charge on any atom is -0.394 e. The maximum absolute atomic E-state index is 9.42. The molecule has 2 atom stereocenters. The first-order chi connectivity index (χ1) is 8.24. The number of aliphatic hydroxyl groups is 1. The molecule has 2 N–H and O–H groups in total. The van der Waals surface area contributed by atoms with Crippen LogP contribution in [0.15, 0.2) is 24.3 Å². The summed E-state index contributed by atoms with van der Waals surface area (Å²) in [6, 6.07) is 9.42. The first-order valence-corrected chi connectivity index (χ1v) is 6.71. The van der Waals surface area contributed by atoms with E-state index in [2.05, 4.69) is 43.4 Å². The topological polar surface area (TPSA) is 32.3 Å². The van der Waals surface area contributed by atoms with Crippen LogP contribution in [0.4, 0.5) is 0 Å². The predicted molar refractivity (Wildman–Crippen MR) is 71.1 cm³/mol. The summed E-state index contributed by atoms with van der Waals surface area (Å²) in [6.07, 6.45) is 3.67. The second-order valence-electron chi connectivity index (χ2n) is 5.15. The van der Waals surface area contributed by atoms with Crippen molar-refractivity contribution in [3.8, 4) is 0 Å². The number of hydrogen-bond acceptors (Lipinski definition) is 2. The average molecular weight is 233 g/mol. The van der Waals surface area contributed by atoms with Crippen molar-refractivity contribution < 1.29 is 5.11 Å². The molecule has 0 saturated heterocycles. The average Bonchev–Trinajstić information content (AvgIpc) is 3.19. The van der Waals surface area contributed by atoms with E-state index >= 15 is 0 Å². The third-order valence-corrected chi connectivity index (χ3v) is 3.72. The molecule has 0 radical (unpaired) electrons. The van der Waals surface area contributed by atoms with E-state index in [0.717, 1.165) is 0 Å².